The fourth-order valence-corrected chi connectivity index (χ4v) is 2.07. The van der Waals surface area contributed by atoms with Crippen LogP contribution in [0.1, 0.15) is 18.2 Å². The minimum Gasteiger partial charge on any atom is -0.337 e. The standard InChI is InChI=1S/C15H15N3/c1-3-11-7-8-12-14(9-11)18-15(17-12)13-6-4-5-10(2)16-13/h4-9H,3H2,1-2H3,(H,17,18). The number of aromatic nitrogens is 3. The molecule has 0 aliphatic rings. The van der Waals surface area contributed by atoms with E-state index in [1.54, 1.807) is 0 Å². The molecule has 1 aromatic carbocycles. The molecule has 0 aliphatic heterocycles. The topological polar surface area (TPSA) is 41.6 Å². The highest BCUT2D eigenvalue weighted by Gasteiger charge is 2.06. The minimum atomic E-state index is 0.835. The van der Waals surface area contributed by atoms with Gasteiger partial charge in [-0.1, -0.05) is 19.1 Å². The fraction of sp³-hybridized carbons (Fsp3) is 0.200. The molecule has 0 fully saturated rings. The Labute approximate surface area is 106 Å². The molecule has 0 saturated carbocycles. The molecule has 3 heteroatoms. The van der Waals surface area contributed by atoms with Crippen LogP contribution in [0.15, 0.2) is 36.4 Å². The van der Waals surface area contributed by atoms with Crippen LogP contribution >= 0.6 is 0 Å². The maximum atomic E-state index is 4.58. The highest BCUT2D eigenvalue weighted by molar-refractivity contribution is 5.79. The van der Waals surface area contributed by atoms with Gasteiger partial charge in [-0.2, -0.15) is 0 Å². The number of hydrogen-bond acceptors (Lipinski definition) is 2. The molecule has 0 aliphatic carbocycles. The Bertz CT molecular complexity index is 698. The predicted octanol–water partition coefficient (Wildman–Crippen LogP) is 3.50. The van der Waals surface area contributed by atoms with Crippen LogP contribution in [0.3, 0.4) is 0 Å². The Balaban J connectivity index is 2.13. The van der Waals surface area contributed by atoms with Crippen molar-refractivity contribution in [2.75, 3.05) is 0 Å². The van der Waals surface area contributed by atoms with Gasteiger partial charge in [-0.25, -0.2) is 9.97 Å². The zero-order chi connectivity index (χ0) is 12.5. The van der Waals surface area contributed by atoms with Gasteiger partial charge in [-0.05, 0) is 43.2 Å². The van der Waals surface area contributed by atoms with Crippen LogP contribution in [0, 0.1) is 6.92 Å². The van der Waals surface area contributed by atoms with Crippen LogP contribution < -0.4 is 0 Å². The molecule has 0 atom stereocenters. The van der Waals surface area contributed by atoms with Gasteiger partial charge in [0.1, 0.15) is 5.69 Å². The van der Waals surface area contributed by atoms with Crippen LogP contribution in [0.4, 0.5) is 0 Å². The first-order valence-electron chi connectivity index (χ1n) is 6.19. The summed E-state index contributed by atoms with van der Waals surface area (Å²) in [6.45, 7) is 4.14. The van der Waals surface area contributed by atoms with E-state index in [2.05, 4.69) is 40.1 Å². The second kappa shape index (κ2) is 4.26. The third-order valence-corrected chi connectivity index (χ3v) is 3.09. The average Bonchev–Trinajstić information content (AvgIpc) is 2.81. The van der Waals surface area contributed by atoms with Crippen LogP contribution in [-0.2, 0) is 6.42 Å². The quantitative estimate of drug-likeness (QED) is 0.741. The van der Waals surface area contributed by atoms with Crippen molar-refractivity contribution >= 4 is 11.0 Å². The van der Waals surface area contributed by atoms with E-state index < -0.39 is 0 Å². The second-order valence-electron chi connectivity index (χ2n) is 4.45. The van der Waals surface area contributed by atoms with E-state index in [-0.39, 0.29) is 0 Å². The monoisotopic (exact) mass is 237 g/mol. The number of H-pyrrole nitrogens is 1. The lowest BCUT2D eigenvalue weighted by atomic mass is 10.1. The second-order valence-corrected chi connectivity index (χ2v) is 4.45. The first-order chi connectivity index (χ1) is 8.76. The fourth-order valence-electron chi connectivity index (χ4n) is 2.07. The average molecular weight is 237 g/mol. The van der Waals surface area contributed by atoms with E-state index in [0.29, 0.717) is 0 Å². The van der Waals surface area contributed by atoms with Crippen molar-refractivity contribution in [3.63, 3.8) is 0 Å². The Hall–Kier alpha value is -2.16. The van der Waals surface area contributed by atoms with E-state index in [4.69, 9.17) is 0 Å². The Morgan fingerprint density at radius 1 is 1.11 bits per heavy atom. The van der Waals surface area contributed by atoms with Gasteiger partial charge in [0.05, 0.1) is 11.0 Å². The summed E-state index contributed by atoms with van der Waals surface area (Å²) in [5.74, 6) is 0.835. The van der Waals surface area contributed by atoms with Crippen molar-refractivity contribution in [3.8, 4) is 11.5 Å². The molecule has 18 heavy (non-hydrogen) atoms. The normalized spacial score (nSPS) is 11.0. The van der Waals surface area contributed by atoms with Crippen molar-refractivity contribution in [2.45, 2.75) is 20.3 Å². The molecule has 1 N–H and O–H groups in total. The van der Waals surface area contributed by atoms with Gasteiger partial charge in [0.25, 0.3) is 0 Å². The van der Waals surface area contributed by atoms with Gasteiger partial charge in [0, 0.05) is 5.69 Å². The van der Waals surface area contributed by atoms with Gasteiger partial charge in [-0.15, -0.1) is 0 Å². The molecule has 90 valence electrons. The van der Waals surface area contributed by atoms with Crippen molar-refractivity contribution < 1.29 is 0 Å². The van der Waals surface area contributed by atoms with E-state index in [1.165, 1.54) is 5.56 Å². The third-order valence-electron chi connectivity index (χ3n) is 3.09. The summed E-state index contributed by atoms with van der Waals surface area (Å²) in [5, 5.41) is 0. The van der Waals surface area contributed by atoms with Crippen molar-refractivity contribution in [1.29, 1.82) is 0 Å². The molecule has 0 unspecified atom stereocenters. The Morgan fingerprint density at radius 3 is 2.78 bits per heavy atom. The first kappa shape index (κ1) is 11.0. The van der Waals surface area contributed by atoms with Crippen LogP contribution in [0.5, 0.6) is 0 Å². The molecule has 0 radical (unpaired) electrons. The van der Waals surface area contributed by atoms with Gasteiger partial charge < -0.3 is 4.98 Å². The van der Waals surface area contributed by atoms with Gasteiger partial charge in [-0.3, -0.25) is 0 Å². The molecule has 0 bridgehead atoms. The highest BCUT2D eigenvalue weighted by atomic mass is 14.9. The number of pyridine rings is 1. The van der Waals surface area contributed by atoms with Gasteiger partial charge in [0.15, 0.2) is 5.82 Å². The molecular formula is C15H15N3. The lowest BCUT2D eigenvalue weighted by Crippen LogP contribution is -1.87. The van der Waals surface area contributed by atoms with Crippen molar-refractivity contribution in [3.05, 3.63) is 47.7 Å². The molecule has 0 amide bonds. The molecule has 3 aromatic rings. The molecule has 3 nitrogen and oxygen atoms in total. The number of fused-ring (bicyclic) bond motifs is 1. The smallest absolute Gasteiger partial charge is 0.157 e. The van der Waals surface area contributed by atoms with Crippen LogP contribution in [-0.4, -0.2) is 15.0 Å². The largest absolute Gasteiger partial charge is 0.337 e. The number of nitrogens with one attached hydrogen (secondary N) is 1. The summed E-state index contributed by atoms with van der Waals surface area (Å²) in [6, 6.07) is 12.3. The maximum Gasteiger partial charge on any atom is 0.157 e. The van der Waals surface area contributed by atoms with Crippen molar-refractivity contribution in [2.24, 2.45) is 0 Å². The van der Waals surface area contributed by atoms with Crippen LogP contribution in [0.2, 0.25) is 0 Å². The third kappa shape index (κ3) is 1.88. The molecule has 2 heterocycles. The van der Waals surface area contributed by atoms with E-state index in [1.807, 2.05) is 25.1 Å². The van der Waals surface area contributed by atoms with Gasteiger partial charge >= 0.3 is 0 Å². The number of hydrogen-bond donors (Lipinski definition) is 1. The summed E-state index contributed by atoms with van der Waals surface area (Å²) in [5.41, 5.74) is 5.28. The van der Waals surface area contributed by atoms with E-state index in [9.17, 15) is 0 Å². The lowest BCUT2D eigenvalue weighted by Gasteiger charge is -1.96. The predicted molar refractivity (Wildman–Crippen MR) is 73.4 cm³/mol. The molecule has 2 aromatic heterocycles. The van der Waals surface area contributed by atoms with Crippen molar-refractivity contribution in [1.82, 2.24) is 15.0 Å². The summed E-state index contributed by atoms with van der Waals surface area (Å²) < 4.78 is 0. The van der Waals surface area contributed by atoms with E-state index >= 15 is 0 Å². The summed E-state index contributed by atoms with van der Waals surface area (Å²) >= 11 is 0. The number of aromatic amines is 1. The number of aryl methyl sites for hydroxylation is 2. The first-order valence-corrected chi connectivity index (χ1v) is 6.19. The highest BCUT2D eigenvalue weighted by Crippen LogP contribution is 2.20. The Morgan fingerprint density at radius 2 is 2.00 bits per heavy atom. The SMILES string of the molecule is CCc1ccc2nc(-c3cccc(C)n3)[nH]c2c1. The van der Waals surface area contributed by atoms with Gasteiger partial charge in [0.2, 0.25) is 0 Å². The van der Waals surface area contributed by atoms with Crippen LogP contribution in [0.25, 0.3) is 22.6 Å². The summed E-state index contributed by atoms with van der Waals surface area (Å²) in [7, 11) is 0. The number of benzene rings is 1. The number of nitrogens with zero attached hydrogens (tertiary/aromatic N) is 2. The molecule has 0 spiro atoms. The Kier molecular flexibility index (Phi) is 2.59. The lowest BCUT2D eigenvalue weighted by molar-refractivity contribution is 1.14. The minimum absolute atomic E-state index is 0.835. The number of rotatable bonds is 2. The molecule has 3 rings (SSSR count). The molecule has 0 saturated heterocycles. The maximum absolute atomic E-state index is 4.58. The zero-order valence-corrected chi connectivity index (χ0v) is 10.6. The zero-order valence-electron chi connectivity index (χ0n) is 10.6. The summed E-state index contributed by atoms with van der Waals surface area (Å²) in [6.07, 6.45) is 1.03. The summed E-state index contributed by atoms with van der Waals surface area (Å²) in [4.78, 5) is 12.4. The van der Waals surface area contributed by atoms with E-state index in [0.717, 1.165) is 34.7 Å². The molecular weight excluding hydrogens is 222 g/mol. The number of imidazole rings is 1.